The van der Waals surface area contributed by atoms with Crippen LogP contribution in [0.3, 0.4) is 0 Å². The van der Waals surface area contributed by atoms with Gasteiger partial charge in [0.25, 0.3) is 10.0 Å². The van der Waals surface area contributed by atoms with E-state index in [2.05, 4.69) is 15.9 Å². The predicted molar refractivity (Wildman–Crippen MR) is 109 cm³/mol. The van der Waals surface area contributed by atoms with E-state index in [9.17, 15) is 13.2 Å². The molecule has 9 heteroatoms. The third-order valence-corrected chi connectivity index (χ3v) is 8.33. The van der Waals surface area contributed by atoms with Gasteiger partial charge < -0.3 is 9.64 Å². The average molecular weight is 473 g/mol. The van der Waals surface area contributed by atoms with Crippen molar-refractivity contribution in [3.05, 3.63) is 45.7 Å². The summed E-state index contributed by atoms with van der Waals surface area (Å²) in [7, 11) is -3.49. The fraction of sp³-hybridized carbons (Fsp3) is 0.389. The lowest BCUT2D eigenvalue weighted by molar-refractivity contribution is -0.132. The van der Waals surface area contributed by atoms with Crippen molar-refractivity contribution in [2.24, 2.45) is 0 Å². The average Bonchev–Trinajstić information content (AvgIpc) is 3.10. The Morgan fingerprint density at radius 1 is 1.11 bits per heavy atom. The maximum Gasteiger partial charge on any atom is 0.252 e. The zero-order chi connectivity index (χ0) is 19.4. The Labute approximate surface area is 171 Å². The van der Waals surface area contributed by atoms with Gasteiger partial charge in [0.1, 0.15) is 9.96 Å². The van der Waals surface area contributed by atoms with Gasteiger partial charge in [0.2, 0.25) is 5.91 Å². The van der Waals surface area contributed by atoms with E-state index < -0.39 is 10.0 Å². The lowest BCUT2D eigenvalue weighted by Gasteiger charge is -2.33. The van der Waals surface area contributed by atoms with Crippen molar-refractivity contribution >= 4 is 43.2 Å². The fourth-order valence-corrected chi connectivity index (χ4v) is 6.38. The van der Waals surface area contributed by atoms with Crippen LogP contribution in [0.2, 0.25) is 0 Å². The number of carbonyl (C=O) groups is 1. The van der Waals surface area contributed by atoms with Crippen LogP contribution < -0.4 is 4.74 Å². The van der Waals surface area contributed by atoms with Crippen molar-refractivity contribution in [1.82, 2.24) is 9.21 Å². The number of hydrogen-bond donors (Lipinski definition) is 0. The molecular formula is C18H21BrN2O4S2. The zero-order valence-corrected chi connectivity index (χ0v) is 18.1. The molecule has 27 heavy (non-hydrogen) atoms. The molecule has 1 aromatic carbocycles. The lowest BCUT2D eigenvalue weighted by Crippen LogP contribution is -2.50. The molecule has 0 unspecified atom stereocenters. The first-order valence-electron chi connectivity index (χ1n) is 8.59. The molecule has 146 valence electrons. The summed E-state index contributed by atoms with van der Waals surface area (Å²) in [4.78, 5) is 14.0. The summed E-state index contributed by atoms with van der Waals surface area (Å²) in [5, 5.41) is 0. The first-order valence-corrected chi connectivity index (χ1v) is 11.6. The van der Waals surface area contributed by atoms with Crippen LogP contribution in [0.5, 0.6) is 5.75 Å². The summed E-state index contributed by atoms with van der Waals surface area (Å²) >= 11 is 4.49. The van der Waals surface area contributed by atoms with E-state index in [4.69, 9.17) is 4.74 Å². The number of nitrogens with zero attached hydrogens (tertiary/aromatic N) is 2. The van der Waals surface area contributed by atoms with Crippen LogP contribution in [0.1, 0.15) is 12.0 Å². The van der Waals surface area contributed by atoms with Crippen LogP contribution in [0.15, 0.2) is 44.4 Å². The number of piperazine rings is 1. The summed E-state index contributed by atoms with van der Waals surface area (Å²) < 4.78 is 33.4. The van der Waals surface area contributed by atoms with Crippen molar-refractivity contribution in [3.63, 3.8) is 0 Å². The Morgan fingerprint density at radius 3 is 2.37 bits per heavy atom. The molecule has 0 atom stereocenters. The van der Waals surface area contributed by atoms with Gasteiger partial charge in [-0.25, -0.2) is 8.42 Å². The Bertz CT molecular complexity index is 888. The summed E-state index contributed by atoms with van der Waals surface area (Å²) in [6, 6.07) is 11.0. The second kappa shape index (κ2) is 8.72. The van der Waals surface area contributed by atoms with Crippen molar-refractivity contribution in [2.75, 3.05) is 32.8 Å². The summed E-state index contributed by atoms with van der Waals surface area (Å²) in [5.74, 6) is 0.726. The molecule has 1 aromatic heterocycles. The first kappa shape index (κ1) is 20.3. The van der Waals surface area contributed by atoms with Gasteiger partial charge in [-0.3, -0.25) is 4.79 Å². The van der Waals surface area contributed by atoms with Crippen LogP contribution in [0.25, 0.3) is 0 Å². The van der Waals surface area contributed by atoms with Crippen molar-refractivity contribution in [1.29, 1.82) is 0 Å². The minimum atomic E-state index is -3.49. The highest BCUT2D eigenvalue weighted by molar-refractivity contribution is 9.11. The minimum absolute atomic E-state index is 0.0157. The molecule has 0 saturated carbocycles. The van der Waals surface area contributed by atoms with Crippen LogP contribution in [0, 0.1) is 6.92 Å². The van der Waals surface area contributed by atoms with Gasteiger partial charge in [0.05, 0.1) is 16.8 Å². The third kappa shape index (κ3) is 5.10. The Hall–Kier alpha value is -1.42. The number of aryl methyl sites for hydroxylation is 1. The number of sulfonamides is 1. The van der Waals surface area contributed by atoms with Gasteiger partial charge in [-0.05, 0) is 47.1 Å². The van der Waals surface area contributed by atoms with E-state index in [0.29, 0.717) is 37.0 Å². The number of benzene rings is 1. The molecule has 0 spiro atoms. The van der Waals surface area contributed by atoms with Crippen molar-refractivity contribution in [2.45, 2.75) is 17.6 Å². The number of hydrogen-bond acceptors (Lipinski definition) is 5. The normalized spacial score (nSPS) is 15.7. The zero-order valence-electron chi connectivity index (χ0n) is 14.9. The number of carbonyl (C=O) groups excluding carboxylic acids is 1. The van der Waals surface area contributed by atoms with Gasteiger partial charge >= 0.3 is 0 Å². The van der Waals surface area contributed by atoms with Gasteiger partial charge in [0, 0.05) is 26.2 Å². The second-order valence-electron chi connectivity index (χ2n) is 6.25. The number of ether oxygens (including phenoxy) is 1. The third-order valence-electron chi connectivity index (χ3n) is 4.34. The Balaban J connectivity index is 1.47. The highest BCUT2D eigenvalue weighted by atomic mass is 79.9. The number of halogens is 1. The monoisotopic (exact) mass is 472 g/mol. The van der Waals surface area contributed by atoms with E-state index in [0.717, 1.165) is 15.1 Å². The molecule has 0 bridgehead atoms. The number of thiophene rings is 1. The lowest BCUT2D eigenvalue weighted by atomic mass is 10.2. The SMILES string of the molecule is Cc1ccc(OCCC(=O)N2CCN(S(=O)(=O)c3ccc(Br)s3)CC2)cc1. The molecule has 1 aliphatic rings. The molecule has 3 rings (SSSR count). The molecule has 1 aliphatic heterocycles. The summed E-state index contributed by atoms with van der Waals surface area (Å²) in [6.07, 6.45) is 0.276. The Morgan fingerprint density at radius 2 is 1.78 bits per heavy atom. The van der Waals surface area contributed by atoms with Crippen LogP contribution >= 0.6 is 27.3 Å². The van der Waals surface area contributed by atoms with Crippen molar-refractivity contribution in [3.8, 4) is 5.75 Å². The maximum atomic E-state index is 12.6. The van der Waals surface area contributed by atoms with Crippen molar-refractivity contribution < 1.29 is 17.9 Å². The van der Waals surface area contributed by atoms with E-state index in [1.165, 1.54) is 15.6 Å². The van der Waals surface area contributed by atoms with Gasteiger partial charge in [-0.15, -0.1) is 11.3 Å². The fourth-order valence-electron chi connectivity index (χ4n) is 2.79. The molecule has 1 amide bonds. The molecule has 2 aromatic rings. The summed E-state index contributed by atoms with van der Waals surface area (Å²) in [6.45, 7) is 3.73. The topological polar surface area (TPSA) is 66.9 Å². The second-order valence-corrected chi connectivity index (χ2v) is 10.9. The molecule has 0 aliphatic carbocycles. The Kier molecular flexibility index (Phi) is 6.56. The minimum Gasteiger partial charge on any atom is -0.493 e. The smallest absolute Gasteiger partial charge is 0.252 e. The van der Waals surface area contributed by atoms with Gasteiger partial charge in [0.15, 0.2) is 0 Å². The molecule has 1 fully saturated rings. The maximum absolute atomic E-state index is 12.6. The van der Waals surface area contributed by atoms with E-state index in [1.54, 1.807) is 17.0 Å². The highest BCUT2D eigenvalue weighted by Gasteiger charge is 2.30. The number of amides is 1. The van der Waals surface area contributed by atoms with Crippen LogP contribution in [-0.4, -0.2) is 56.3 Å². The highest BCUT2D eigenvalue weighted by Crippen LogP contribution is 2.29. The standard InChI is InChI=1S/C18H21BrN2O4S2/c1-14-2-4-15(5-3-14)25-13-8-17(22)20-9-11-21(12-10-20)27(23,24)18-7-6-16(19)26-18/h2-7H,8-13H2,1H3. The molecular weight excluding hydrogens is 452 g/mol. The van der Waals surface area contributed by atoms with Crippen LogP contribution in [0.4, 0.5) is 0 Å². The molecule has 6 nitrogen and oxygen atoms in total. The molecule has 0 N–H and O–H groups in total. The molecule has 0 radical (unpaired) electrons. The first-order chi connectivity index (χ1) is 12.9. The van der Waals surface area contributed by atoms with E-state index in [1.807, 2.05) is 31.2 Å². The van der Waals surface area contributed by atoms with Gasteiger partial charge in [-0.1, -0.05) is 17.7 Å². The van der Waals surface area contributed by atoms with Gasteiger partial charge in [-0.2, -0.15) is 4.31 Å². The largest absolute Gasteiger partial charge is 0.493 e. The molecule has 2 heterocycles. The summed E-state index contributed by atoms with van der Waals surface area (Å²) in [5.41, 5.74) is 1.15. The van der Waals surface area contributed by atoms with E-state index >= 15 is 0 Å². The quantitative estimate of drug-likeness (QED) is 0.647. The number of rotatable bonds is 6. The predicted octanol–water partition coefficient (Wildman–Crippen LogP) is 3.12. The molecule has 1 saturated heterocycles. The van der Waals surface area contributed by atoms with E-state index in [-0.39, 0.29) is 12.3 Å². The van der Waals surface area contributed by atoms with Crippen LogP contribution in [-0.2, 0) is 14.8 Å².